The van der Waals surface area contributed by atoms with E-state index in [0.717, 1.165) is 6.42 Å². The van der Waals surface area contributed by atoms with Gasteiger partial charge in [0.1, 0.15) is 12.6 Å². The summed E-state index contributed by atoms with van der Waals surface area (Å²) in [5.74, 6) is -1.01. The smallest absolute Gasteiger partial charge is 0.322 e. The third-order valence-corrected chi connectivity index (χ3v) is 5.32. The first kappa shape index (κ1) is 22.6. The van der Waals surface area contributed by atoms with Gasteiger partial charge < -0.3 is 20.8 Å². The van der Waals surface area contributed by atoms with E-state index in [1.165, 1.54) is 17.9 Å². The van der Waals surface area contributed by atoms with Crippen LogP contribution in [0.5, 0.6) is 0 Å². The normalized spacial score (nSPS) is 14.0. The van der Waals surface area contributed by atoms with Gasteiger partial charge in [-0.25, -0.2) is 0 Å². The summed E-state index contributed by atoms with van der Waals surface area (Å²) >= 11 is 0. The van der Waals surface area contributed by atoms with E-state index >= 15 is 0 Å². The Bertz CT molecular complexity index is 422. The summed E-state index contributed by atoms with van der Waals surface area (Å²) < 4.78 is 0. The molecule has 0 aromatic carbocycles. The molecule has 1 aliphatic rings. The van der Waals surface area contributed by atoms with Crippen LogP contribution >= 0.6 is 21.6 Å². The lowest BCUT2D eigenvalue weighted by Gasteiger charge is -2.16. The van der Waals surface area contributed by atoms with Crippen molar-refractivity contribution < 1.29 is 29.4 Å². The Hall–Kier alpha value is -1.42. The van der Waals surface area contributed by atoms with Crippen LogP contribution in [0.3, 0.4) is 0 Å². The molecule has 10 heteroatoms. The number of hydrogen-bond donors (Lipinski definition) is 4. The van der Waals surface area contributed by atoms with Gasteiger partial charge in [0.15, 0.2) is 0 Å². The molecule has 0 aromatic rings. The minimum atomic E-state index is -1.26. The van der Waals surface area contributed by atoms with Crippen LogP contribution in [0.1, 0.15) is 39.0 Å². The van der Waals surface area contributed by atoms with E-state index in [1.807, 2.05) is 33.8 Å². The zero-order chi connectivity index (χ0) is 18.4. The molecule has 1 fully saturated rings. The molecule has 1 heterocycles. The average Bonchev–Trinajstić information content (AvgIpc) is 3.09. The molecular formula is C14H24N2O6S2. The summed E-state index contributed by atoms with van der Waals surface area (Å²) in [5, 5.41) is 21.4. The Labute approximate surface area is 148 Å². The van der Waals surface area contributed by atoms with Crippen LogP contribution in [0, 0.1) is 0 Å². The van der Waals surface area contributed by atoms with E-state index in [9.17, 15) is 19.2 Å². The highest BCUT2D eigenvalue weighted by atomic mass is 33.1. The highest BCUT2D eigenvalue weighted by molar-refractivity contribution is 8.77. The Balaban J connectivity index is 0.000000889. The second-order valence-electron chi connectivity index (χ2n) is 4.93. The lowest BCUT2D eigenvalue weighted by atomic mass is 10.1. The van der Waals surface area contributed by atoms with Crippen molar-refractivity contribution in [2.24, 2.45) is 0 Å². The minimum Gasteiger partial charge on any atom is -0.481 e. The van der Waals surface area contributed by atoms with Crippen molar-refractivity contribution in [3.63, 3.8) is 0 Å². The maximum atomic E-state index is 11.5. The van der Waals surface area contributed by atoms with Gasteiger partial charge in [0.05, 0.1) is 6.42 Å². The Morgan fingerprint density at radius 2 is 1.71 bits per heavy atom. The topological polar surface area (TPSA) is 133 Å². The van der Waals surface area contributed by atoms with Gasteiger partial charge in [-0.3, -0.25) is 19.2 Å². The minimum absolute atomic E-state index is 0.193. The van der Waals surface area contributed by atoms with Crippen molar-refractivity contribution >= 4 is 45.3 Å². The first-order valence-electron chi connectivity index (χ1n) is 7.61. The Morgan fingerprint density at radius 1 is 1.08 bits per heavy atom. The van der Waals surface area contributed by atoms with Gasteiger partial charge in [-0.2, -0.15) is 0 Å². The quantitative estimate of drug-likeness (QED) is 0.437. The third-order valence-electron chi connectivity index (χ3n) is 2.74. The zero-order valence-corrected chi connectivity index (χ0v) is 15.2. The second-order valence-corrected chi connectivity index (χ2v) is 7.63. The van der Waals surface area contributed by atoms with Gasteiger partial charge in [0, 0.05) is 17.9 Å². The molecule has 1 atom stereocenters. The lowest BCUT2D eigenvalue weighted by Crippen LogP contribution is -2.48. The zero-order valence-electron chi connectivity index (χ0n) is 13.6. The van der Waals surface area contributed by atoms with Gasteiger partial charge in [0.2, 0.25) is 11.8 Å². The van der Waals surface area contributed by atoms with Gasteiger partial charge in [-0.15, -0.1) is 0 Å². The predicted molar refractivity (Wildman–Crippen MR) is 93.9 cm³/mol. The summed E-state index contributed by atoms with van der Waals surface area (Å²) in [4.78, 5) is 43.9. The molecule has 0 spiro atoms. The molecular weight excluding hydrogens is 356 g/mol. The van der Waals surface area contributed by atoms with Crippen LogP contribution in [0.25, 0.3) is 0 Å². The monoisotopic (exact) mass is 380 g/mol. The molecule has 0 aromatic heterocycles. The number of nitrogens with one attached hydrogen (secondary N) is 2. The highest BCUT2D eigenvalue weighted by Crippen LogP contribution is 2.29. The SMILES string of the molecule is C1CSSC1.CCCCC(=O)NC(CC(=O)O)C(=O)NCC(=O)O. The molecule has 0 aliphatic carbocycles. The van der Waals surface area contributed by atoms with Gasteiger partial charge in [-0.1, -0.05) is 34.9 Å². The average molecular weight is 380 g/mol. The van der Waals surface area contributed by atoms with E-state index in [1.54, 1.807) is 0 Å². The van der Waals surface area contributed by atoms with Crippen molar-refractivity contribution in [1.29, 1.82) is 0 Å². The molecule has 1 unspecified atom stereocenters. The molecule has 0 saturated carbocycles. The fourth-order valence-corrected chi connectivity index (χ4v) is 3.93. The van der Waals surface area contributed by atoms with Crippen molar-refractivity contribution in [1.82, 2.24) is 10.6 Å². The number of amides is 2. The molecule has 1 saturated heterocycles. The number of unbranched alkanes of at least 4 members (excludes halogenated alkanes) is 1. The van der Waals surface area contributed by atoms with Gasteiger partial charge in [-0.05, 0) is 12.8 Å². The van der Waals surface area contributed by atoms with Crippen LogP contribution in [-0.2, 0) is 19.2 Å². The van der Waals surface area contributed by atoms with Crippen molar-refractivity contribution in [3.8, 4) is 0 Å². The van der Waals surface area contributed by atoms with Crippen LogP contribution < -0.4 is 10.6 Å². The number of hydrogen-bond acceptors (Lipinski definition) is 6. The molecule has 2 amide bonds. The molecule has 24 heavy (non-hydrogen) atoms. The van der Waals surface area contributed by atoms with Crippen LogP contribution in [0.15, 0.2) is 0 Å². The molecule has 8 nitrogen and oxygen atoms in total. The molecule has 1 aliphatic heterocycles. The van der Waals surface area contributed by atoms with Crippen molar-refractivity contribution in [2.75, 3.05) is 18.1 Å². The van der Waals surface area contributed by atoms with Gasteiger partial charge >= 0.3 is 11.9 Å². The summed E-state index contributed by atoms with van der Waals surface area (Å²) in [6, 6.07) is -1.26. The number of carboxylic acid groups (broad SMARTS) is 2. The first-order valence-corrected chi connectivity index (χ1v) is 10.1. The summed E-state index contributed by atoms with van der Waals surface area (Å²) in [6.45, 7) is 1.27. The second kappa shape index (κ2) is 14.0. The van der Waals surface area contributed by atoms with Crippen molar-refractivity contribution in [2.45, 2.75) is 45.1 Å². The van der Waals surface area contributed by atoms with Crippen LogP contribution in [-0.4, -0.2) is 58.1 Å². The number of carboxylic acids is 2. The first-order chi connectivity index (χ1) is 11.4. The van der Waals surface area contributed by atoms with Crippen molar-refractivity contribution in [3.05, 3.63) is 0 Å². The predicted octanol–water partition coefficient (Wildman–Crippen LogP) is 1.11. The van der Waals surface area contributed by atoms with E-state index in [2.05, 4.69) is 5.32 Å². The Morgan fingerprint density at radius 3 is 2.12 bits per heavy atom. The Kier molecular flexibility index (Phi) is 13.1. The summed E-state index contributed by atoms with van der Waals surface area (Å²) in [5.41, 5.74) is 0. The van der Waals surface area contributed by atoms with E-state index < -0.39 is 42.8 Å². The largest absolute Gasteiger partial charge is 0.481 e. The van der Waals surface area contributed by atoms with Gasteiger partial charge in [0.25, 0.3) is 0 Å². The number of carbonyl (C=O) groups is 4. The highest BCUT2D eigenvalue weighted by Gasteiger charge is 2.23. The number of carbonyl (C=O) groups excluding carboxylic acids is 2. The van der Waals surface area contributed by atoms with Crippen LogP contribution in [0.2, 0.25) is 0 Å². The summed E-state index contributed by atoms with van der Waals surface area (Å²) in [7, 11) is 3.98. The molecule has 1 rings (SSSR count). The standard InChI is InChI=1S/C11H18N2O6.C3H6S2/c1-2-3-4-8(14)13-7(5-9(15)16)11(19)12-6-10(17)18;1-2-4-5-3-1/h7H,2-6H2,1H3,(H,12,19)(H,13,14)(H,15,16)(H,17,18);1-3H2. The molecule has 4 N–H and O–H groups in total. The number of aliphatic carboxylic acids is 2. The molecule has 0 radical (unpaired) electrons. The van der Waals surface area contributed by atoms with E-state index in [-0.39, 0.29) is 6.42 Å². The molecule has 138 valence electrons. The van der Waals surface area contributed by atoms with E-state index in [4.69, 9.17) is 10.2 Å². The van der Waals surface area contributed by atoms with Crippen LogP contribution in [0.4, 0.5) is 0 Å². The fourth-order valence-electron chi connectivity index (χ4n) is 1.57. The molecule has 0 bridgehead atoms. The number of rotatable bonds is 9. The third kappa shape index (κ3) is 13.1. The summed E-state index contributed by atoms with van der Waals surface area (Å²) in [6.07, 6.45) is 2.45. The maximum Gasteiger partial charge on any atom is 0.322 e. The fraction of sp³-hybridized carbons (Fsp3) is 0.714. The lowest BCUT2D eigenvalue weighted by molar-refractivity contribution is -0.141. The van der Waals surface area contributed by atoms with E-state index in [0.29, 0.717) is 6.42 Å². The maximum absolute atomic E-state index is 11.5.